The predicted octanol–water partition coefficient (Wildman–Crippen LogP) is 0.863. The van der Waals surface area contributed by atoms with Gasteiger partial charge in [0.1, 0.15) is 32.7 Å². The maximum atomic E-state index is 13.3. The molecule has 2 aliphatic heterocycles. The van der Waals surface area contributed by atoms with Gasteiger partial charge in [-0.1, -0.05) is 28.1 Å². The van der Waals surface area contributed by atoms with E-state index in [0.29, 0.717) is 11.3 Å². The first-order valence-corrected chi connectivity index (χ1v) is 16.0. The molecule has 6 N–H and O–H groups in total. The zero-order valence-corrected chi connectivity index (χ0v) is 26.5. The molecule has 0 aromatic carbocycles. The normalized spacial score (nSPS) is 18.9. The molecule has 0 radical (unpaired) electrons. The minimum Gasteiger partial charge on any atom is -0.478 e. The van der Waals surface area contributed by atoms with Gasteiger partial charge in [-0.25, -0.2) is 14.6 Å². The Hall–Kier alpha value is -4.19. The monoisotopic (exact) mass is 677 g/mol. The average Bonchev–Trinajstić information content (AvgIpc) is 3.57. The van der Waals surface area contributed by atoms with Crippen molar-refractivity contribution in [2.45, 2.75) is 44.0 Å². The zero-order valence-electron chi connectivity index (χ0n) is 24.1. The summed E-state index contributed by atoms with van der Waals surface area (Å²) in [4.78, 5) is 60.5. The van der Waals surface area contributed by atoms with Crippen molar-refractivity contribution < 1.29 is 38.8 Å². The maximum Gasteiger partial charge on any atom is 0.352 e. The molecule has 15 nitrogen and oxygen atoms in total. The summed E-state index contributed by atoms with van der Waals surface area (Å²) in [5.74, 6) is -3.84. The quantitative estimate of drug-likeness (QED) is 0.0564. The Labute approximate surface area is 269 Å². The summed E-state index contributed by atoms with van der Waals surface area (Å²) in [7, 11) is 1.91. The number of amides is 2. The number of fused-ring (bicyclic) bond motifs is 2. The SMILES string of the molecule is CNCCCn1ccc2c1ccc[n+]2CC1=C(C(=O)O)N2C(=O)C(NC(=O)C(=NO[C@@H](C)C(=O)O)c3nc(N)sc3Cl)C2SC1. The summed E-state index contributed by atoms with van der Waals surface area (Å²) >= 11 is 8.35. The van der Waals surface area contributed by atoms with Gasteiger partial charge in [-0.15, -0.1) is 11.8 Å². The second kappa shape index (κ2) is 13.4. The van der Waals surface area contributed by atoms with E-state index in [1.54, 1.807) is 0 Å². The molecule has 2 unspecified atom stereocenters. The van der Waals surface area contributed by atoms with Gasteiger partial charge < -0.3 is 36.0 Å². The molecule has 5 rings (SSSR count). The predicted molar refractivity (Wildman–Crippen MR) is 167 cm³/mol. The van der Waals surface area contributed by atoms with Crippen LogP contribution in [0.2, 0.25) is 4.34 Å². The molecule has 238 valence electrons. The molecule has 5 heterocycles. The van der Waals surface area contributed by atoms with Crippen LogP contribution in [-0.4, -0.2) is 91.0 Å². The first kappa shape index (κ1) is 32.2. The number of nitrogens with zero attached hydrogens (tertiary/aromatic N) is 5. The Balaban J connectivity index is 1.36. The molecule has 0 bridgehead atoms. The molecule has 0 spiro atoms. The van der Waals surface area contributed by atoms with Crippen molar-refractivity contribution in [3.63, 3.8) is 0 Å². The Morgan fingerprint density at radius 3 is 2.78 bits per heavy atom. The number of aromatic nitrogens is 3. The highest BCUT2D eigenvalue weighted by Crippen LogP contribution is 2.40. The lowest BCUT2D eigenvalue weighted by molar-refractivity contribution is -0.663. The first-order chi connectivity index (χ1) is 21.5. The highest BCUT2D eigenvalue weighted by atomic mass is 35.5. The number of thioether (sulfide) groups is 1. The van der Waals surface area contributed by atoms with E-state index in [1.807, 2.05) is 42.2 Å². The number of carboxylic acid groups (broad SMARTS) is 2. The molecule has 2 amide bonds. The van der Waals surface area contributed by atoms with Crippen LogP contribution in [0.3, 0.4) is 0 Å². The van der Waals surface area contributed by atoms with Crippen LogP contribution in [0.15, 0.2) is 47.0 Å². The number of rotatable bonds is 13. The van der Waals surface area contributed by atoms with Crippen molar-refractivity contribution in [2.24, 2.45) is 5.16 Å². The van der Waals surface area contributed by atoms with Crippen molar-refractivity contribution in [3.8, 4) is 0 Å². The second-order valence-electron chi connectivity index (χ2n) is 10.2. The minimum atomic E-state index is -1.40. The number of carbonyl (C=O) groups is 4. The standard InChI is InChI=1S/C27H29ClN8O7S2/c1-13(25(39)40)43-33-18(17-21(28)45-27(29)32-17)22(37)31-19-23(38)36-20(26(41)42)14(12-44-24(19)36)11-35-8-3-5-15-16(35)6-10-34(15)9-4-7-30-2/h3,5-6,8,10,13,19,24,30H,4,7,9,11-12H2,1-2H3,(H4-,29,31,32,37,39,40,41,42)/p+1/t13-,19?,24?/m0/s1. The number of thiazole rings is 1. The van der Waals surface area contributed by atoms with Crippen LogP contribution in [0.5, 0.6) is 0 Å². The van der Waals surface area contributed by atoms with E-state index in [-0.39, 0.29) is 27.4 Å². The van der Waals surface area contributed by atoms with Crippen molar-refractivity contribution in [1.29, 1.82) is 0 Å². The number of carboxylic acids is 2. The number of pyridine rings is 1. The van der Waals surface area contributed by atoms with Crippen molar-refractivity contribution in [2.75, 3.05) is 25.1 Å². The third-order valence-electron chi connectivity index (χ3n) is 7.23. The number of hydrogen-bond donors (Lipinski definition) is 5. The molecule has 2 aliphatic rings. The summed E-state index contributed by atoms with van der Waals surface area (Å²) in [6.45, 7) is 3.16. The topological polar surface area (TPSA) is 205 Å². The summed E-state index contributed by atoms with van der Waals surface area (Å²) in [5, 5.41) is 28.0. The fourth-order valence-corrected chi connectivity index (χ4v) is 7.29. The van der Waals surface area contributed by atoms with Crippen molar-refractivity contribution in [3.05, 3.63) is 51.9 Å². The molecule has 0 saturated carbocycles. The fourth-order valence-electron chi connectivity index (χ4n) is 5.03. The number of nitrogens with one attached hydrogen (secondary N) is 2. The van der Waals surface area contributed by atoms with Gasteiger partial charge in [0.2, 0.25) is 11.6 Å². The lowest BCUT2D eigenvalue weighted by atomic mass is 10.0. The molecule has 45 heavy (non-hydrogen) atoms. The Kier molecular flexibility index (Phi) is 9.62. The number of β-lactam (4-membered cyclic amide) rings is 1. The van der Waals surface area contributed by atoms with E-state index in [4.69, 9.17) is 27.3 Å². The van der Waals surface area contributed by atoms with Crippen molar-refractivity contribution in [1.82, 2.24) is 25.1 Å². The maximum absolute atomic E-state index is 13.3. The van der Waals surface area contributed by atoms with Gasteiger partial charge in [0.15, 0.2) is 23.6 Å². The molecule has 3 atom stereocenters. The lowest BCUT2D eigenvalue weighted by Crippen LogP contribution is -2.71. The van der Waals surface area contributed by atoms with Gasteiger partial charge in [0.05, 0.1) is 0 Å². The Morgan fingerprint density at radius 2 is 2.11 bits per heavy atom. The van der Waals surface area contributed by atoms with Gasteiger partial charge in [-0.2, -0.15) is 4.57 Å². The van der Waals surface area contributed by atoms with Gasteiger partial charge >= 0.3 is 11.9 Å². The fraction of sp³-hybridized carbons (Fsp3) is 0.370. The number of halogens is 1. The van der Waals surface area contributed by atoms with Crippen LogP contribution < -0.4 is 20.9 Å². The smallest absolute Gasteiger partial charge is 0.352 e. The molecule has 3 aromatic rings. The van der Waals surface area contributed by atoms with Crippen molar-refractivity contribution >= 4 is 80.3 Å². The van der Waals surface area contributed by atoms with E-state index in [9.17, 15) is 24.3 Å². The van der Waals surface area contributed by atoms with Gasteiger partial charge in [-0.05, 0) is 33.0 Å². The van der Waals surface area contributed by atoms with Gasteiger partial charge in [0, 0.05) is 36.2 Å². The number of hydrogen-bond acceptors (Lipinski definition) is 11. The zero-order chi connectivity index (χ0) is 32.4. The van der Waals surface area contributed by atoms with Crippen LogP contribution in [0.25, 0.3) is 11.0 Å². The van der Waals surface area contributed by atoms with Gasteiger partial charge in [-0.3, -0.25) is 14.5 Å². The van der Waals surface area contributed by atoms with Crippen LogP contribution in [-0.2, 0) is 37.1 Å². The average molecular weight is 678 g/mol. The van der Waals surface area contributed by atoms with Crippen LogP contribution in [0, 0.1) is 0 Å². The van der Waals surface area contributed by atoms with E-state index >= 15 is 0 Å². The molecule has 18 heteroatoms. The number of carbonyl (C=O) groups excluding carboxylic acids is 2. The number of oxime groups is 1. The Morgan fingerprint density at radius 1 is 1.33 bits per heavy atom. The number of aryl methyl sites for hydroxylation is 1. The second-order valence-corrected chi connectivity index (χ2v) is 12.9. The van der Waals surface area contributed by atoms with Crippen LogP contribution in [0.4, 0.5) is 5.13 Å². The number of nitrogen functional groups attached to an aromatic ring is 1. The first-order valence-electron chi connectivity index (χ1n) is 13.7. The highest BCUT2D eigenvalue weighted by Gasteiger charge is 2.55. The molecule has 0 aliphatic carbocycles. The van der Waals surface area contributed by atoms with E-state index < -0.39 is 47.0 Å². The summed E-state index contributed by atoms with van der Waals surface area (Å²) in [6.07, 6.45) is 3.41. The summed E-state index contributed by atoms with van der Waals surface area (Å²) in [5.41, 5.74) is 7.44. The van der Waals surface area contributed by atoms with E-state index in [1.165, 1.54) is 23.6 Å². The molecular weight excluding hydrogens is 648 g/mol. The molecule has 1 fully saturated rings. The largest absolute Gasteiger partial charge is 0.478 e. The number of nitrogens with two attached hydrogens (primary N) is 1. The Bertz CT molecular complexity index is 1740. The van der Waals surface area contributed by atoms with E-state index in [2.05, 4.69) is 25.3 Å². The van der Waals surface area contributed by atoms with E-state index in [0.717, 1.165) is 41.9 Å². The molecular formula is C27H30ClN8O7S2+. The minimum absolute atomic E-state index is 0.00292. The molecule has 3 aromatic heterocycles. The third-order valence-corrected chi connectivity index (χ3v) is 9.65. The highest BCUT2D eigenvalue weighted by molar-refractivity contribution is 8.00. The van der Waals surface area contributed by atoms with Gasteiger partial charge in [0.25, 0.3) is 11.8 Å². The summed E-state index contributed by atoms with van der Waals surface area (Å²) < 4.78 is 4.10. The number of anilines is 1. The van der Waals surface area contributed by atoms with Crippen LogP contribution >= 0.6 is 34.7 Å². The third kappa shape index (κ3) is 6.47. The lowest BCUT2D eigenvalue weighted by Gasteiger charge is -2.49. The number of aliphatic carboxylic acids is 2. The molecule has 1 saturated heterocycles. The van der Waals surface area contributed by atoms with Crippen LogP contribution in [0.1, 0.15) is 19.0 Å². The summed E-state index contributed by atoms with van der Waals surface area (Å²) in [6, 6.07) is 4.79.